The maximum atomic E-state index is 11.1. The van der Waals surface area contributed by atoms with Gasteiger partial charge in [0.1, 0.15) is 6.04 Å². The highest BCUT2D eigenvalue weighted by atomic mass is 16.4. The molecular formula is C8H12N4O3. The lowest BCUT2D eigenvalue weighted by Crippen LogP contribution is -2.44. The number of rotatable bonds is 4. The summed E-state index contributed by atoms with van der Waals surface area (Å²) < 4.78 is 0. The zero-order chi connectivity index (χ0) is 11.3. The highest BCUT2D eigenvalue weighted by Gasteiger charge is 2.13. The first-order valence-electron chi connectivity index (χ1n) is 4.34. The maximum absolute atomic E-state index is 11.1. The van der Waals surface area contributed by atoms with Gasteiger partial charge in [0.25, 0.3) is 0 Å². The third kappa shape index (κ3) is 3.67. The van der Waals surface area contributed by atoms with Crippen LogP contribution < -0.4 is 10.6 Å². The summed E-state index contributed by atoms with van der Waals surface area (Å²) in [6, 6.07) is -1.43. The average Bonchev–Trinajstić information content (AvgIpc) is 2.66. The van der Waals surface area contributed by atoms with Crippen molar-refractivity contribution in [3.63, 3.8) is 0 Å². The van der Waals surface area contributed by atoms with Crippen molar-refractivity contribution in [1.82, 2.24) is 20.8 Å². The van der Waals surface area contributed by atoms with Crippen molar-refractivity contribution >= 4 is 12.0 Å². The van der Waals surface area contributed by atoms with Crippen molar-refractivity contribution in [1.29, 1.82) is 0 Å². The van der Waals surface area contributed by atoms with Crippen LogP contribution >= 0.6 is 0 Å². The summed E-state index contributed by atoms with van der Waals surface area (Å²) in [5.41, 5.74) is 0.813. The van der Waals surface area contributed by atoms with E-state index in [9.17, 15) is 9.59 Å². The summed E-state index contributed by atoms with van der Waals surface area (Å²) in [6.45, 7) is 1.69. The molecule has 1 aromatic heterocycles. The lowest BCUT2D eigenvalue weighted by molar-refractivity contribution is -0.138. The second-order valence-corrected chi connectivity index (χ2v) is 2.99. The van der Waals surface area contributed by atoms with Gasteiger partial charge in [-0.25, -0.2) is 4.79 Å². The Balaban J connectivity index is 2.28. The maximum Gasteiger partial charge on any atom is 0.325 e. The van der Waals surface area contributed by atoms with Crippen molar-refractivity contribution in [2.24, 2.45) is 0 Å². The van der Waals surface area contributed by atoms with Crippen LogP contribution in [0.5, 0.6) is 0 Å². The predicted octanol–water partition coefficient (Wildman–Crippen LogP) is -0.318. The molecule has 0 aliphatic heterocycles. The van der Waals surface area contributed by atoms with Gasteiger partial charge >= 0.3 is 12.0 Å². The van der Waals surface area contributed by atoms with Crippen LogP contribution in [-0.4, -0.2) is 33.3 Å². The van der Waals surface area contributed by atoms with E-state index < -0.39 is 18.0 Å². The number of amides is 2. The van der Waals surface area contributed by atoms with E-state index in [0.717, 1.165) is 5.56 Å². The van der Waals surface area contributed by atoms with Crippen LogP contribution in [0.3, 0.4) is 0 Å². The highest BCUT2D eigenvalue weighted by molar-refractivity contribution is 5.82. The van der Waals surface area contributed by atoms with E-state index in [4.69, 9.17) is 5.11 Å². The molecule has 1 unspecified atom stereocenters. The zero-order valence-corrected chi connectivity index (χ0v) is 8.15. The third-order valence-electron chi connectivity index (χ3n) is 1.73. The van der Waals surface area contributed by atoms with Crippen molar-refractivity contribution in [3.8, 4) is 0 Å². The van der Waals surface area contributed by atoms with E-state index in [1.54, 1.807) is 12.4 Å². The van der Waals surface area contributed by atoms with Crippen LogP contribution in [-0.2, 0) is 11.3 Å². The summed E-state index contributed by atoms with van der Waals surface area (Å²) >= 11 is 0. The SMILES string of the molecule is CC(NC(=O)NCc1cn[nH]c1)C(=O)O. The van der Waals surface area contributed by atoms with E-state index in [-0.39, 0.29) is 0 Å². The van der Waals surface area contributed by atoms with Crippen LogP contribution in [0.2, 0.25) is 0 Å². The smallest absolute Gasteiger partial charge is 0.325 e. The quantitative estimate of drug-likeness (QED) is 0.548. The molecule has 0 spiro atoms. The molecule has 7 heteroatoms. The zero-order valence-electron chi connectivity index (χ0n) is 8.15. The van der Waals surface area contributed by atoms with Gasteiger partial charge in [0.15, 0.2) is 0 Å². The van der Waals surface area contributed by atoms with Gasteiger partial charge in [0.05, 0.1) is 6.20 Å². The van der Waals surface area contributed by atoms with Crippen molar-refractivity contribution < 1.29 is 14.7 Å². The van der Waals surface area contributed by atoms with Crippen LogP contribution in [0.1, 0.15) is 12.5 Å². The van der Waals surface area contributed by atoms with Gasteiger partial charge in [-0.15, -0.1) is 0 Å². The number of urea groups is 1. The lowest BCUT2D eigenvalue weighted by Gasteiger charge is -2.09. The van der Waals surface area contributed by atoms with E-state index in [1.807, 2.05) is 0 Å². The molecule has 82 valence electrons. The Labute approximate surface area is 85.9 Å². The molecule has 7 nitrogen and oxygen atoms in total. The van der Waals surface area contributed by atoms with E-state index in [1.165, 1.54) is 6.92 Å². The molecule has 1 heterocycles. The normalized spacial score (nSPS) is 11.8. The van der Waals surface area contributed by atoms with Crippen LogP contribution in [0, 0.1) is 0 Å². The third-order valence-corrected chi connectivity index (χ3v) is 1.73. The molecule has 0 saturated heterocycles. The number of hydrogen-bond acceptors (Lipinski definition) is 3. The number of nitrogens with zero attached hydrogens (tertiary/aromatic N) is 1. The van der Waals surface area contributed by atoms with Crippen LogP contribution in [0.25, 0.3) is 0 Å². The predicted molar refractivity (Wildman–Crippen MR) is 51.1 cm³/mol. The number of aromatic amines is 1. The van der Waals surface area contributed by atoms with Crippen molar-refractivity contribution in [2.75, 3.05) is 0 Å². The Bertz CT molecular complexity index is 336. The first-order valence-corrected chi connectivity index (χ1v) is 4.34. The first-order chi connectivity index (χ1) is 7.09. The van der Waals surface area contributed by atoms with Gasteiger partial charge in [-0.1, -0.05) is 0 Å². The molecule has 0 aromatic carbocycles. The Morgan fingerprint density at radius 1 is 1.67 bits per heavy atom. The van der Waals surface area contributed by atoms with E-state index in [2.05, 4.69) is 20.8 Å². The average molecular weight is 212 g/mol. The Morgan fingerprint density at radius 3 is 2.93 bits per heavy atom. The van der Waals surface area contributed by atoms with E-state index >= 15 is 0 Å². The fraction of sp³-hybridized carbons (Fsp3) is 0.375. The molecule has 0 fully saturated rings. The molecule has 1 rings (SSSR count). The fourth-order valence-corrected chi connectivity index (χ4v) is 0.866. The number of H-pyrrole nitrogens is 1. The van der Waals surface area contributed by atoms with Crippen molar-refractivity contribution in [2.45, 2.75) is 19.5 Å². The summed E-state index contributed by atoms with van der Waals surface area (Å²) in [6.07, 6.45) is 3.21. The minimum Gasteiger partial charge on any atom is -0.480 e. The highest BCUT2D eigenvalue weighted by Crippen LogP contribution is 1.91. The number of carbonyl (C=O) groups is 2. The van der Waals surface area contributed by atoms with Gasteiger partial charge in [0, 0.05) is 18.3 Å². The van der Waals surface area contributed by atoms with E-state index in [0.29, 0.717) is 6.54 Å². The summed E-state index contributed by atoms with van der Waals surface area (Å²) in [5.74, 6) is -1.08. The summed E-state index contributed by atoms with van der Waals surface area (Å²) in [7, 11) is 0. The van der Waals surface area contributed by atoms with Gasteiger partial charge < -0.3 is 15.7 Å². The number of carboxylic acid groups (broad SMARTS) is 1. The fourth-order valence-electron chi connectivity index (χ4n) is 0.866. The molecule has 0 aliphatic carbocycles. The minimum absolute atomic E-state index is 0.300. The van der Waals surface area contributed by atoms with Gasteiger partial charge in [0.2, 0.25) is 0 Å². The molecule has 1 aromatic rings. The van der Waals surface area contributed by atoms with Gasteiger partial charge in [-0.3, -0.25) is 9.89 Å². The van der Waals surface area contributed by atoms with Gasteiger partial charge in [-0.2, -0.15) is 5.10 Å². The Morgan fingerprint density at radius 2 is 2.40 bits per heavy atom. The number of aliphatic carboxylic acids is 1. The topological polar surface area (TPSA) is 107 Å². The van der Waals surface area contributed by atoms with Crippen LogP contribution in [0.15, 0.2) is 12.4 Å². The monoisotopic (exact) mass is 212 g/mol. The second-order valence-electron chi connectivity index (χ2n) is 2.99. The number of hydrogen-bond donors (Lipinski definition) is 4. The Hall–Kier alpha value is -2.05. The van der Waals surface area contributed by atoms with Gasteiger partial charge in [-0.05, 0) is 6.92 Å². The molecule has 2 amide bonds. The number of carbonyl (C=O) groups excluding carboxylic acids is 1. The Kier molecular flexibility index (Phi) is 3.67. The molecule has 4 N–H and O–H groups in total. The minimum atomic E-state index is -1.08. The lowest BCUT2D eigenvalue weighted by atomic mass is 10.3. The summed E-state index contributed by atoms with van der Waals surface area (Å²) in [4.78, 5) is 21.5. The molecule has 0 bridgehead atoms. The molecule has 0 saturated carbocycles. The number of nitrogens with one attached hydrogen (secondary N) is 3. The molecule has 0 radical (unpaired) electrons. The summed E-state index contributed by atoms with van der Waals surface area (Å²) in [5, 5.41) is 19.6. The van der Waals surface area contributed by atoms with Crippen molar-refractivity contribution in [3.05, 3.63) is 18.0 Å². The first kappa shape index (κ1) is 11.0. The number of aromatic nitrogens is 2. The molecule has 0 aliphatic rings. The molecule has 1 atom stereocenters. The largest absolute Gasteiger partial charge is 0.480 e. The second kappa shape index (κ2) is 4.99. The molecule has 15 heavy (non-hydrogen) atoms. The van der Waals surface area contributed by atoms with Crippen LogP contribution in [0.4, 0.5) is 4.79 Å². The molecular weight excluding hydrogens is 200 g/mol. The standard InChI is InChI=1S/C8H12N4O3/c1-5(7(13)14)12-8(15)9-2-6-3-10-11-4-6/h3-5H,2H2,1H3,(H,10,11)(H,13,14)(H2,9,12,15). The number of carboxylic acids is 1.